The molecule has 0 nitrogen and oxygen atoms in total. The molecule has 4 aromatic carbocycles. The molecule has 2 heteroatoms. The highest BCUT2D eigenvalue weighted by Crippen LogP contribution is 2.31. The summed E-state index contributed by atoms with van der Waals surface area (Å²) in [4.78, 5) is 0. The van der Waals surface area contributed by atoms with Crippen LogP contribution in [0.4, 0.5) is 0 Å². The van der Waals surface area contributed by atoms with Crippen LogP contribution in [-0.4, -0.2) is 0 Å². The lowest BCUT2D eigenvalue weighted by atomic mass is 9.96. The van der Waals surface area contributed by atoms with Gasteiger partial charge in [0.25, 0.3) is 0 Å². The summed E-state index contributed by atoms with van der Waals surface area (Å²) in [7, 11) is 0. The van der Waals surface area contributed by atoms with E-state index in [1.165, 1.54) is 40.5 Å². The Balaban J connectivity index is 1.79. The molecule has 0 unspecified atom stereocenters. The van der Waals surface area contributed by atoms with Gasteiger partial charge in [-0.1, -0.05) is 60.7 Å². The SMILES string of the molecule is Ic1cccc(-c2cccc(-c3cc(I)cc(-c4ccccc4)c3)c2)c1. The van der Waals surface area contributed by atoms with Crippen molar-refractivity contribution >= 4 is 45.2 Å². The Hall–Kier alpha value is -1.66. The molecule has 4 rings (SSSR count). The maximum Gasteiger partial charge on any atom is 0.0142 e. The zero-order chi connectivity index (χ0) is 17.9. The van der Waals surface area contributed by atoms with Crippen molar-refractivity contribution in [2.75, 3.05) is 0 Å². The highest BCUT2D eigenvalue weighted by atomic mass is 127. The minimum Gasteiger partial charge on any atom is -0.0622 e. The predicted octanol–water partition coefficient (Wildman–Crippen LogP) is 7.90. The van der Waals surface area contributed by atoms with Crippen LogP contribution in [0.3, 0.4) is 0 Å². The van der Waals surface area contributed by atoms with Crippen LogP contribution >= 0.6 is 45.2 Å². The summed E-state index contributed by atoms with van der Waals surface area (Å²) in [5.74, 6) is 0. The quantitative estimate of drug-likeness (QED) is 0.225. The molecule has 0 fully saturated rings. The molecule has 0 saturated carbocycles. The van der Waals surface area contributed by atoms with E-state index in [9.17, 15) is 0 Å². The van der Waals surface area contributed by atoms with E-state index in [0.29, 0.717) is 0 Å². The molecule has 4 aromatic rings. The van der Waals surface area contributed by atoms with Gasteiger partial charge in [-0.2, -0.15) is 0 Å². The molecule has 0 bridgehead atoms. The van der Waals surface area contributed by atoms with E-state index in [4.69, 9.17) is 0 Å². The normalized spacial score (nSPS) is 10.7. The van der Waals surface area contributed by atoms with Gasteiger partial charge < -0.3 is 0 Å². The molecule has 0 aliphatic rings. The van der Waals surface area contributed by atoms with Gasteiger partial charge in [0.05, 0.1) is 0 Å². The van der Waals surface area contributed by atoms with Crippen molar-refractivity contribution < 1.29 is 0 Å². The standard InChI is InChI=1S/C24H16I2/c25-23-11-5-10-20(14-23)18-8-4-9-19(12-18)22-13-21(15-24(26)16-22)17-6-2-1-3-7-17/h1-16H. The van der Waals surface area contributed by atoms with E-state index in [2.05, 4.69) is 142 Å². The van der Waals surface area contributed by atoms with Crippen molar-refractivity contribution in [1.82, 2.24) is 0 Å². The second-order valence-corrected chi connectivity index (χ2v) is 8.68. The third kappa shape index (κ3) is 4.01. The molecule has 0 heterocycles. The summed E-state index contributed by atoms with van der Waals surface area (Å²) in [5.41, 5.74) is 7.52. The number of hydrogen-bond donors (Lipinski definition) is 0. The van der Waals surface area contributed by atoms with Crippen molar-refractivity contribution in [3.8, 4) is 33.4 Å². The molecule has 26 heavy (non-hydrogen) atoms. The van der Waals surface area contributed by atoms with Crippen LogP contribution in [0.2, 0.25) is 0 Å². The van der Waals surface area contributed by atoms with E-state index >= 15 is 0 Å². The third-order valence-corrected chi connectivity index (χ3v) is 5.65. The second kappa shape index (κ2) is 7.92. The molecular formula is C24H16I2. The van der Waals surface area contributed by atoms with Gasteiger partial charge >= 0.3 is 0 Å². The van der Waals surface area contributed by atoms with E-state index in [1.54, 1.807) is 0 Å². The molecule has 0 atom stereocenters. The average molecular weight is 558 g/mol. The molecule has 0 aliphatic heterocycles. The number of benzene rings is 4. The van der Waals surface area contributed by atoms with E-state index in [1.807, 2.05) is 0 Å². The minimum absolute atomic E-state index is 1.25. The monoisotopic (exact) mass is 558 g/mol. The van der Waals surface area contributed by atoms with E-state index < -0.39 is 0 Å². The smallest absolute Gasteiger partial charge is 0.0142 e. The van der Waals surface area contributed by atoms with Crippen LogP contribution in [0.5, 0.6) is 0 Å². The van der Waals surface area contributed by atoms with Crippen LogP contribution < -0.4 is 0 Å². The van der Waals surface area contributed by atoms with Gasteiger partial charge in [0.1, 0.15) is 0 Å². The molecule has 0 aliphatic carbocycles. The van der Waals surface area contributed by atoms with E-state index in [-0.39, 0.29) is 0 Å². The maximum atomic E-state index is 2.41. The Kier molecular flexibility index (Phi) is 5.41. The van der Waals surface area contributed by atoms with Gasteiger partial charge in [0.15, 0.2) is 0 Å². The number of hydrogen-bond acceptors (Lipinski definition) is 0. The number of rotatable bonds is 3. The lowest BCUT2D eigenvalue weighted by Gasteiger charge is -2.10. The third-order valence-electron chi connectivity index (χ3n) is 4.36. The highest BCUT2D eigenvalue weighted by Gasteiger charge is 2.06. The summed E-state index contributed by atoms with van der Waals surface area (Å²) in [6.45, 7) is 0. The van der Waals surface area contributed by atoms with Crippen LogP contribution in [0, 0.1) is 7.14 Å². The molecule has 0 N–H and O–H groups in total. The molecular weight excluding hydrogens is 542 g/mol. The summed E-state index contributed by atoms with van der Waals surface area (Å²) in [6, 6.07) is 34.8. The Morgan fingerprint density at radius 1 is 0.346 bits per heavy atom. The van der Waals surface area contributed by atoms with Gasteiger partial charge in [-0.25, -0.2) is 0 Å². The fourth-order valence-corrected chi connectivity index (χ4v) is 4.31. The fourth-order valence-electron chi connectivity index (χ4n) is 3.10. The van der Waals surface area contributed by atoms with Gasteiger partial charge in [0.2, 0.25) is 0 Å². The van der Waals surface area contributed by atoms with Gasteiger partial charge in [-0.3, -0.25) is 0 Å². The first-order valence-electron chi connectivity index (χ1n) is 8.41. The molecule has 0 amide bonds. The first-order valence-corrected chi connectivity index (χ1v) is 10.6. The van der Waals surface area contributed by atoms with Crippen LogP contribution in [0.15, 0.2) is 97.1 Å². The average Bonchev–Trinajstić information content (AvgIpc) is 2.68. The minimum atomic E-state index is 1.25. The van der Waals surface area contributed by atoms with Crippen LogP contribution in [0.25, 0.3) is 33.4 Å². The Labute approximate surface area is 181 Å². The predicted molar refractivity (Wildman–Crippen MR) is 128 cm³/mol. The van der Waals surface area contributed by atoms with Gasteiger partial charge in [0, 0.05) is 7.14 Å². The summed E-state index contributed by atoms with van der Waals surface area (Å²) in [5, 5.41) is 0. The maximum absolute atomic E-state index is 2.41. The first-order chi connectivity index (χ1) is 12.7. The van der Waals surface area contributed by atoms with Gasteiger partial charge in [-0.15, -0.1) is 0 Å². The van der Waals surface area contributed by atoms with Gasteiger partial charge in [-0.05, 0) is 115 Å². The summed E-state index contributed by atoms with van der Waals surface area (Å²) < 4.78 is 2.50. The summed E-state index contributed by atoms with van der Waals surface area (Å²) in [6.07, 6.45) is 0. The first kappa shape index (κ1) is 17.7. The Morgan fingerprint density at radius 3 is 1.50 bits per heavy atom. The van der Waals surface area contributed by atoms with Crippen LogP contribution in [0.1, 0.15) is 0 Å². The summed E-state index contributed by atoms with van der Waals surface area (Å²) >= 11 is 4.77. The van der Waals surface area contributed by atoms with Crippen molar-refractivity contribution in [1.29, 1.82) is 0 Å². The van der Waals surface area contributed by atoms with Crippen molar-refractivity contribution in [2.24, 2.45) is 0 Å². The van der Waals surface area contributed by atoms with Crippen molar-refractivity contribution in [3.63, 3.8) is 0 Å². The van der Waals surface area contributed by atoms with Crippen molar-refractivity contribution in [2.45, 2.75) is 0 Å². The topological polar surface area (TPSA) is 0 Å². The molecule has 0 saturated heterocycles. The molecule has 126 valence electrons. The molecule has 0 radical (unpaired) electrons. The zero-order valence-corrected chi connectivity index (χ0v) is 18.3. The molecule has 0 spiro atoms. The zero-order valence-electron chi connectivity index (χ0n) is 14.0. The largest absolute Gasteiger partial charge is 0.0622 e. The second-order valence-electron chi connectivity index (χ2n) is 6.19. The Morgan fingerprint density at radius 2 is 0.808 bits per heavy atom. The van der Waals surface area contributed by atoms with Crippen LogP contribution in [-0.2, 0) is 0 Å². The Bertz CT molecular complexity index is 1050. The lowest BCUT2D eigenvalue weighted by Crippen LogP contribution is -1.86. The highest BCUT2D eigenvalue weighted by molar-refractivity contribution is 14.1. The van der Waals surface area contributed by atoms with Crippen molar-refractivity contribution in [3.05, 3.63) is 104 Å². The van der Waals surface area contributed by atoms with E-state index in [0.717, 1.165) is 0 Å². The number of halogens is 2. The fraction of sp³-hybridized carbons (Fsp3) is 0. The molecule has 0 aromatic heterocycles. The lowest BCUT2D eigenvalue weighted by molar-refractivity contribution is 1.55.